The Labute approximate surface area is 86.1 Å². The molecule has 1 saturated heterocycles. The minimum atomic E-state index is -1.25. The third kappa shape index (κ3) is 3.38. The summed E-state index contributed by atoms with van der Waals surface area (Å²) in [6.07, 6.45) is 1.80. The predicted molar refractivity (Wildman–Crippen MR) is 53.7 cm³/mol. The number of carboxylic acid groups (broad SMARTS) is 1. The molecule has 2 unspecified atom stereocenters. The van der Waals surface area contributed by atoms with Gasteiger partial charge in [0.15, 0.2) is 0 Å². The number of ether oxygens (including phenoxy) is 1. The highest BCUT2D eigenvalue weighted by molar-refractivity contribution is 7.86. The predicted octanol–water partition coefficient (Wildman–Crippen LogP) is 0.635. The van der Waals surface area contributed by atoms with E-state index < -0.39 is 22.0 Å². The van der Waals surface area contributed by atoms with Crippen LogP contribution in [-0.2, 0) is 20.3 Å². The fraction of sp³-hybridized carbons (Fsp3) is 0.889. The Hall–Kier alpha value is -0.420. The standard InChI is InChI=1S/C9H16O4S/c1-7(9(10)11)14(12)6-8-2-4-13-5-3-8/h7-8H,2-6H2,1H3,(H,10,11). The quantitative estimate of drug-likeness (QED) is 0.755. The van der Waals surface area contributed by atoms with Gasteiger partial charge in [-0.25, -0.2) is 0 Å². The van der Waals surface area contributed by atoms with Gasteiger partial charge in [0.25, 0.3) is 0 Å². The largest absolute Gasteiger partial charge is 0.480 e. The fourth-order valence-corrected chi connectivity index (χ4v) is 2.71. The third-order valence-corrected chi connectivity index (χ3v) is 4.27. The van der Waals surface area contributed by atoms with Gasteiger partial charge in [-0.15, -0.1) is 0 Å². The van der Waals surface area contributed by atoms with Gasteiger partial charge < -0.3 is 9.84 Å². The Morgan fingerprint density at radius 3 is 2.64 bits per heavy atom. The molecule has 2 atom stereocenters. The summed E-state index contributed by atoms with van der Waals surface area (Å²) < 4.78 is 16.7. The molecule has 4 nitrogen and oxygen atoms in total. The molecule has 0 aromatic rings. The maximum atomic E-state index is 11.5. The van der Waals surface area contributed by atoms with Gasteiger partial charge in [-0.1, -0.05) is 0 Å². The first kappa shape index (κ1) is 11.7. The van der Waals surface area contributed by atoms with Crippen molar-refractivity contribution in [3.63, 3.8) is 0 Å². The van der Waals surface area contributed by atoms with Crippen molar-refractivity contribution in [1.82, 2.24) is 0 Å². The van der Waals surface area contributed by atoms with Crippen molar-refractivity contribution < 1.29 is 18.8 Å². The van der Waals surface area contributed by atoms with Crippen molar-refractivity contribution in [3.05, 3.63) is 0 Å². The summed E-state index contributed by atoms with van der Waals surface area (Å²) in [7, 11) is -1.25. The molecule has 1 fully saturated rings. The van der Waals surface area contributed by atoms with E-state index in [-0.39, 0.29) is 0 Å². The summed E-state index contributed by atoms with van der Waals surface area (Å²) in [5, 5.41) is 7.91. The zero-order valence-electron chi connectivity index (χ0n) is 8.27. The van der Waals surface area contributed by atoms with Crippen molar-refractivity contribution in [1.29, 1.82) is 0 Å². The molecule has 1 heterocycles. The van der Waals surface area contributed by atoms with Crippen molar-refractivity contribution >= 4 is 16.8 Å². The van der Waals surface area contributed by atoms with Crippen LogP contribution in [-0.4, -0.2) is 39.5 Å². The Balaban J connectivity index is 2.35. The van der Waals surface area contributed by atoms with Gasteiger partial charge in [0, 0.05) is 29.8 Å². The second-order valence-corrected chi connectivity index (χ2v) is 5.39. The Morgan fingerprint density at radius 1 is 1.57 bits per heavy atom. The molecule has 0 saturated carbocycles. The lowest BCUT2D eigenvalue weighted by Gasteiger charge is -2.22. The zero-order valence-corrected chi connectivity index (χ0v) is 9.09. The molecular formula is C9H16O4S. The van der Waals surface area contributed by atoms with Crippen LogP contribution in [0.15, 0.2) is 0 Å². The highest BCUT2D eigenvalue weighted by Gasteiger charge is 2.23. The summed E-state index contributed by atoms with van der Waals surface area (Å²) >= 11 is 0. The van der Waals surface area contributed by atoms with E-state index in [1.54, 1.807) is 0 Å². The summed E-state index contributed by atoms with van der Waals surface area (Å²) in [6, 6.07) is 0. The molecule has 1 N–H and O–H groups in total. The van der Waals surface area contributed by atoms with E-state index in [0.717, 1.165) is 12.8 Å². The Kier molecular flexibility index (Phi) is 4.54. The van der Waals surface area contributed by atoms with Gasteiger partial charge in [-0.3, -0.25) is 9.00 Å². The Bertz CT molecular complexity index is 223. The minimum absolute atomic E-state index is 0.367. The molecule has 14 heavy (non-hydrogen) atoms. The molecule has 0 spiro atoms. The molecule has 1 rings (SSSR count). The first-order chi connectivity index (χ1) is 6.61. The lowest BCUT2D eigenvalue weighted by Crippen LogP contribution is -2.29. The highest BCUT2D eigenvalue weighted by atomic mass is 32.2. The van der Waals surface area contributed by atoms with Crippen LogP contribution in [0, 0.1) is 5.92 Å². The van der Waals surface area contributed by atoms with Gasteiger partial charge >= 0.3 is 5.97 Å². The van der Waals surface area contributed by atoms with Crippen LogP contribution >= 0.6 is 0 Å². The lowest BCUT2D eigenvalue weighted by molar-refractivity contribution is -0.136. The zero-order chi connectivity index (χ0) is 10.6. The number of rotatable bonds is 4. The monoisotopic (exact) mass is 220 g/mol. The van der Waals surface area contributed by atoms with Crippen molar-refractivity contribution in [2.24, 2.45) is 5.92 Å². The average Bonchev–Trinajstić information content (AvgIpc) is 2.18. The molecule has 1 aliphatic heterocycles. The highest BCUT2D eigenvalue weighted by Crippen LogP contribution is 2.17. The summed E-state index contributed by atoms with van der Waals surface area (Å²) in [6.45, 7) is 2.92. The average molecular weight is 220 g/mol. The summed E-state index contributed by atoms with van der Waals surface area (Å²) in [5.41, 5.74) is 0. The topological polar surface area (TPSA) is 63.6 Å². The normalized spacial score (nSPS) is 22.9. The molecule has 5 heteroatoms. The molecular weight excluding hydrogens is 204 g/mol. The number of hydrogen-bond acceptors (Lipinski definition) is 3. The van der Waals surface area contributed by atoms with Crippen molar-refractivity contribution in [2.45, 2.75) is 25.0 Å². The van der Waals surface area contributed by atoms with Crippen LogP contribution in [0.3, 0.4) is 0 Å². The molecule has 0 aromatic carbocycles. The molecule has 0 aromatic heterocycles. The summed E-state index contributed by atoms with van der Waals surface area (Å²) in [4.78, 5) is 10.6. The molecule has 0 bridgehead atoms. The first-order valence-corrected chi connectivity index (χ1v) is 6.17. The van der Waals surface area contributed by atoms with Crippen LogP contribution < -0.4 is 0 Å². The van der Waals surface area contributed by atoms with E-state index in [9.17, 15) is 9.00 Å². The molecule has 0 aliphatic carbocycles. The molecule has 0 amide bonds. The molecule has 0 radical (unpaired) electrons. The van der Waals surface area contributed by atoms with E-state index in [4.69, 9.17) is 9.84 Å². The SMILES string of the molecule is CC(C(=O)O)S(=O)CC1CCOCC1. The van der Waals surface area contributed by atoms with Gasteiger partial charge in [0.1, 0.15) is 5.25 Å². The van der Waals surface area contributed by atoms with Gasteiger partial charge in [0.05, 0.1) is 0 Å². The Morgan fingerprint density at radius 2 is 2.14 bits per heavy atom. The van der Waals surface area contributed by atoms with E-state index in [1.165, 1.54) is 6.92 Å². The van der Waals surface area contributed by atoms with E-state index in [2.05, 4.69) is 0 Å². The number of carbonyl (C=O) groups is 1. The minimum Gasteiger partial charge on any atom is -0.480 e. The van der Waals surface area contributed by atoms with Crippen molar-refractivity contribution in [3.8, 4) is 0 Å². The second-order valence-electron chi connectivity index (χ2n) is 3.58. The van der Waals surface area contributed by atoms with Crippen LogP contribution in [0.5, 0.6) is 0 Å². The number of hydrogen-bond donors (Lipinski definition) is 1. The van der Waals surface area contributed by atoms with Crippen LogP contribution in [0.25, 0.3) is 0 Å². The van der Waals surface area contributed by atoms with Crippen LogP contribution in [0.2, 0.25) is 0 Å². The van der Waals surface area contributed by atoms with E-state index in [1.807, 2.05) is 0 Å². The number of carboxylic acids is 1. The van der Waals surface area contributed by atoms with E-state index in [0.29, 0.717) is 24.9 Å². The maximum Gasteiger partial charge on any atom is 0.318 e. The second kappa shape index (κ2) is 5.46. The van der Waals surface area contributed by atoms with Gasteiger partial charge in [0.2, 0.25) is 0 Å². The van der Waals surface area contributed by atoms with Gasteiger partial charge in [-0.05, 0) is 25.7 Å². The fourth-order valence-electron chi connectivity index (χ4n) is 1.40. The lowest BCUT2D eigenvalue weighted by atomic mass is 10.0. The van der Waals surface area contributed by atoms with E-state index >= 15 is 0 Å². The van der Waals surface area contributed by atoms with Crippen LogP contribution in [0.1, 0.15) is 19.8 Å². The van der Waals surface area contributed by atoms with Crippen LogP contribution in [0.4, 0.5) is 0 Å². The maximum absolute atomic E-state index is 11.5. The number of aliphatic carboxylic acids is 1. The van der Waals surface area contributed by atoms with Crippen molar-refractivity contribution in [2.75, 3.05) is 19.0 Å². The first-order valence-electron chi connectivity index (χ1n) is 4.79. The molecule has 82 valence electrons. The smallest absolute Gasteiger partial charge is 0.318 e. The summed E-state index contributed by atoms with van der Waals surface area (Å²) in [5.74, 6) is -0.113. The van der Waals surface area contributed by atoms with Gasteiger partial charge in [-0.2, -0.15) is 0 Å². The third-order valence-electron chi connectivity index (χ3n) is 2.48. The molecule has 1 aliphatic rings.